The van der Waals surface area contributed by atoms with Crippen molar-refractivity contribution in [2.24, 2.45) is 0 Å². The Labute approximate surface area is 105 Å². The minimum absolute atomic E-state index is 0.427. The lowest BCUT2D eigenvalue weighted by atomic mass is 10.1. The van der Waals surface area contributed by atoms with Crippen LogP contribution in [0.5, 0.6) is 0 Å². The van der Waals surface area contributed by atoms with Crippen molar-refractivity contribution in [1.29, 1.82) is 0 Å². The van der Waals surface area contributed by atoms with Crippen LogP contribution in [-0.2, 0) is 0 Å². The molecule has 0 amide bonds. The lowest BCUT2D eigenvalue weighted by Crippen LogP contribution is -1.87. The number of carbonyl (C=O) groups is 1. The molecule has 0 heterocycles. The van der Waals surface area contributed by atoms with Crippen molar-refractivity contribution in [2.75, 3.05) is 0 Å². The zero-order valence-electron chi connectivity index (χ0n) is 9.14. The van der Waals surface area contributed by atoms with Crippen LogP contribution in [0.4, 0.5) is 0 Å². The molecular formula is C15H11ClO. The normalized spacial score (nSPS) is 10.6. The SMILES string of the molecule is O=C(Cl)c1ccc(/C=C\c2ccccc2)cc1. The van der Waals surface area contributed by atoms with Crippen LogP contribution in [0.15, 0.2) is 54.6 Å². The predicted octanol–water partition coefficient (Wildman–Crippen LogP) is 4.24. The van der Waals surface area contributed by atoms with Crippen molar-refractivity contribution in [2.45, 2.75) is 0 Å². The van der Waals surface area contributed by atoms with E-state index in [0.717, 1.165) is 11.1 Å². The second-order valence-corrected chi connectivity index (χ2v) is 3.98. The summed E-state index contributed by atoms with van der Waals surface area (Å²) < 4.78 is 0. The Hall–Kier alpha value is -1.86. The lowest BCUT2D eigenvalue weighted by molar-refractivity contribution is 0.108. The minimum Gasteiger partial charge on any atom is -0.276 e. The summed E-state index contributed by atoms with van der Waals surface area (Å²) in [6.07, 6.45) is 4.02. The van der Waals surface area contributed by atoms with Crippen molar-refractivity contribution in [1.82, 2.24) is 0 Å². The van der Waals surface area contributed by atoms with Gasteiger partial charge in [0.25, 0.3) is 5.24 Å². The standard InChI is InChI=1S/C15H11ClO/c16-15(17)14-10-8-13(9-11-14)7-6-12-4-2-1-3-5-12/h1-11H/b7-6-. The fraction of sp³-hybridized carbons (Fsp3) is 0. The van der Waals surface area contributed by atoms with Crippen molar-refractivity contribution >= 4 is 29.0 Å². The van der Waals surface area contributed by atoms with Gasteiger partial charge in [0.15, 0.2) is 0 Å². The maximum atomic E-state index is 10.9. The summed E-state index contributed by atoms with van der Waals surface area (Å²) in [5.74, 6) is 0. The van der Waals surface area contributed by atoms with E-state index < -0.39 is 5.24 Å². The lowest BCUT2D eigenvalue weighted by Gasteiger charge is -1.96. The van der Waals surface area contributed by atoms with E-state index in [-0.39, 0.29) is 0 Å². The highest BCUT2D eigenvalue weighted by Crippen LogP contribution is 2.10. The van der Waals surface area contributed by atoms with E-state index >= 15 is 0 Å². The van der Waals surface area contributed by atoms with Crippen molar-refractivity contribution in [3.63, 3.8) is 0 Å². The molecule has 0 bridgehead atoms. The maximum Gasteiger partial charge on any atom is 0.252 e. The molecule has 0 fully saturated rings. The number of halogens is 1. The Morgan fingerprint density at radius 1 is 0.824 bits per heavy atom. The first-order valence-electron chi connectivity index (χ1n) is 5.29. The van der Waals surface area contributed by atoms with E-state index in [4.69, 9.17) is 11.6 Å². The molecule has 0 aliphatic rings. The predicted molar refractivity (Wildman–Crippen MR) is 72.0 cm³/mol. The number of benzene rings is 2. The topological polar surface area (TPSA) is 17.1 Å². The molecular weight excluding hydrogens is 232 g/mol. The molecule has 0 unspecified atom stereocenters. The Morgan fingerprint density at radius 2 is 1.35 bits per heavy atom. The number of carbonyl (C=O) groups excluding carboxylic acids is 1. The molecule has 0 aliphatic heterocycles. The van der Waals surface area contributed by atoms with E-state index in [1.165, 1.54) is 0 Å². The molecule has 0 atom stereocenters. The summed E-state index contributed by atoms with van der Waals surface area (Å²) in [6, 6.07) is 17.2. The zero-order valence-corrected chi connectivity index (χ0v) is 9.89. The summed E-state index contributed by atoms with van der Waals surface area (Å²) in [5.41, 5.74) is 2.70. The second kappa shape index (κ2) is 5.46. The molecule has 0 radical (unpaired) electrons. The van der Waals surface area contributed by atoms with Crippen molar-refractivity contribution < 1.29 is 4.79 Å². The van der Waals surface area contributed by atoms with Gasteiger partial charge in [-0.1, -0.05) is 54.6 Å². The van der Waals surface area contributed by atoms with Gasteiger partial charge in [0.2, 0.25) is 0 Å². The number of rotatable bonds is 3. The molecule has 0 aliphatic carbocycles. The monoisotopic (exact) mass is 242 g/mol. The van der Waals surface area contributed by atoms with Crippen LogP contribution in [0.1, 0.15) is 21.5 Å². The summed E-state index contributed by atoms with van der Waals surface area (Å²) in [5, 5.41) is -0.427. The molecule has 1 nitrogen and oxygen atoms in total. The maximum absolute atomic E-state index is 10.9. The van der Waals surface area contributed by atoms with Crippen LogP contribution in [0.3, 0.4) is 0 Å². The minimum atomic E-state index is -0.427. The smallest absolute Gasteiger partial charge is 0.252 e. The largest absolute Gasteiger partial charge is 0.276 e. The van der Waals surface area contributed by atoms with E-state index in [9.17, 15) is 4.79 Å². The molecule has 0 saturated carbocycles. The molecule has 0 aromatic heterocycles. The van der Waals surface area contributed by atoms with Crippen LogP contribution in [0, 0.1) is 0 Å². The highest BCUT2D eigenvalue weighted by Gasteiger charge is 1.99. The van der Waals surface area contributed by atoms with Crippen LogP contribution in [0.25, 0.3) is 12.2 Å². The van der Waals surface area contributed by atoms with Gasteiger partial charge < -0.3 is 0 Å². The van der Waals surface area contributed by atoms with Gasteiger partial charge in [-0.25, -0.2) is 0 Å². The van der Waals surface area contributed by atoms with Crippen molar-refractivity contribution in [3.05, 3.63) is 71.3 Å². The van der Waals surface area contributed by atoms with Gasteiger partial charge in [0.1, 0.15) is 0 Å². The summed E-state index contributed by atoms with van der Waals surface area (Å²) in [7, 11) is 0. The molecule has 2 aromatic carbocycles. The average molecular weight is 243 g/mol. The average Bonchev–Trinajstić information content (AvgIpc) is 2.38. The first kappa shape index (κ1) is 11.6. The molecule has 84 valence electrons. The van der Waals surface area contributed by atoms with E-state index in [1.54, 1.807) is 12.1 Å². The summed E-state index contributed by atoms with van der Waals surface area (Å²) in [4.78, 5) is 10.9. The van der Waals surface area contributed by atoms with Gasteiger partial charge in [-0.2, -0.15) is 0 Å². The third-order valence-corrected chi connectivity index (χ3v) is 2.62. The molecule has 2 aromatic rings. The van der Waals surface area contributed by atoms with Crippen LogP contribution < -0.4 is 0 Å². The highest BCUT2D eigenvalue weighted by molar-refractivity contribution is 6.67. The first-order chi connectivity index (χ1) is 8.25. The Balaban J connectivity index is 2.14. The molecule has 0 spiro atoms. The number of hydrogen-bond acceptors (Lipinski definition) is 1. The quantitative estimate of drug-likeness (QED) is 0.581. The highest BCUT2D eigenvalue weighted by atomic mass is 35.5. The molecule has 17 heavy (non-hydrogen) atoms. The third-order valence-electron chi connectivity index (χ3n) is 2.41. The second-order valence-electron chi connectivity index (χ2n) is 3.64. The van der Waals surface area contributed by atoms with Gasteiger partial charge in [0.05, 0.1) is 0 Å². The first-order valence-corrected chi connectivity index (χ1v) is 5.66. The molecule has 0 N–H and O–H groups in total. The van der Waals surface area contributed by atoms with E-state index in [2.05, 4.69) is 0 Å². The van der Waals surface area contributed by atoms with Gasteiger partial charge >= 0.3 is 0 Å². The third kappa shape index (κ3) is 3.30. The van der Waals surface area contributed by atoms with Gasteiger partial charge in [-0.15, -0.1) is 0 Å². The Bertz CT molecular complexity index is 527. The van der Waals surface area contributed by atoms with Crippen LogP contribution >= 0.6 is 11.6 Å². The molecule has 2 rings (SSSR count). The van der Waals surface area contributed by atoms with E-state index in [0.29, 0.717) is 5.56 Å². The molecule has 0 saturated heterocycles. The Kier molecular flexibility index (Phi) is 3.73. The number of hydrogen-bond donors (Lipinski definition) is 0. The Morgan fingerprint density at radius 3 is 1.88 bits per heavy atom. The van der Waals surface area contributed by atoms with Gasteiger partial charge in [-0.05, 0) is 34.9 Å². The van der Waals surface area contributed by atoms with Crippen LogP contribution in [-0.4, -0.2) is 5.24 Å². The summed E-state index contributed by atoms with van der Waals surface area (Å²) >= 11 is 5.37. The fourth-order valence-electron chi connectivity index (χ4n) is 1.48. The summed E-state index contributed by atoms with van der Waals surface area (Å²) in [6.45, 7) is 0. The van der Waals surface area contributed by atoms with Crippen LogP contribution in [0.2, 0.25) is 0 Å². The van der Waals surface area contributed by atoms with Gasteiger partial charge in [-0.3, -0.25) is 4.79 Å². The van der Waals surface area contributed by atoms with Gasteiger partial charge in [0, 0.05) is 5.56 Å². The zero-order chi connectivity index (χ0) is 12.1. The van der Waals surface area contributed by atoms with Crippen molar-refractivity contribution in [3.8, 4) is 0 Å². The molecule has 2 heteroatoms. The fourth-order valence-corrected chi connectivity index (χ4v) is 1.61. The van der Waals surface area contributed by atoms with E-state index in [1.807, 2.05) is 54.6 Å².